The van der Waals surface area contributed by atoms with Crippen LogP contribution >= 0.6 is 11.6 Å². The van der Waals surface area contributed by atoms with Crippen LogP contribution in [-0.2, 0) is 6.61 Å². The number of benzene rings is 1. The molecular weight excluding hydrogens is 342 g/mol. The molecule has 1 aromatic carbocycles. The molecule has 0 aliphatic rings. The molecule has 0 amide bonds. The molecule has 9 heteroatoms. The standard InChI is InChI=1S/C15H11ClF2N4O2/c1-8-21-14(24-6-9-2-3-10(17)4-11(9)18)13(16)15(23)22(8)12-5-19-7-20-12/h2-5,7H,6H2,1H3,(H,19,20). The summed E-state index contributed by atoms with van der Waals surface area (Å²) in [5, 5.41) is -0.252. The predicted molar refractivity (Wildman–Crippen MR) is 82.4 cm³/mol. The van der Waals surface area contributed by atoms with Crippen molar-refractivity contribution >= 4 is 11.6 Å². The maximum atomic E-state index is 13.6. The van der Waals surface area contributed by atoms with Crippen molar-refractivity contribution in [3.63, 3.8) is 0 Å². The minimum atomic E-state index is -0.756. The number of nitrogens with zero attached hydrogens (tertiary/aromatic N) is 3. The molecule has 0 aliphatic heterocycles. The topological polar surface area (TPSA) is 72.8 Å². The summed E-state index contributed by atoms with van der Waals surface area (Å²) in [5.41, 5.74) is -0.437. The SMILES string of the molecule is Cc1nc(OCc2ccc(F)cc2F)c(Cl)c(=O)n1-c1cnc[nH]1. The molecule has 124 valence electrons. The summed E-state index contributed by atoms with van der Waals surface area (Å²) in [6.07, 6.45) is 2.86. The largest absolute Gasteiger partial charge is 0.471 e. The molecule has 0 spiro atoms. The molecule has 2 aromatic heterocycles. The van der Waals surface area contributed by atoms with Gasteiger partial charge in [0.2, 0.25) is 5.88 Å². The van der Waals surface area contributed by atoms with Gasteiger partial charge in [-0.15, -0.1) is 0 Å². The Bertz CT molecular complexity index is 941. The zero-order valence-corrected chi connectivity index (χ0v) is 13.1. The van der Waals surface area contributed by atoms with E-state index in [9.17, 15) is 13.6 Å². The quantitative estimate of drug-likeness (QED) is 0.783. The minimum Gasteiger partial charge on any atom is -0.471 e. The van der Waals surface area contributed by atoms with Crippen LogP contribution in [-0.4, -0.2) is 19.5 Å². The third kappa shape index (κ3) is 3.00. The van der Waals surface area contributed by atoms with Crippen LogP contribution in [0.25, 0.3) is 5.82 Å². The first-order chi connectivity index (χ1) is 11.5. The number of imidazole rings is 1. The summed E-state index contributed by atoms with van der Waals surface area (Å²) in [5.74, 6) is -0.857. The zero-order chi connectivity index (χ0) is 17.3. The molecule has 1 N–H and O–H groups in total. The third-order valence-corrected chi connectivity index (χ3v) is 3.59. The second kappa shape index (κ2) is 6.40. The van der Waals surface area contributed by atoms with Crippen LogP contribution in [0.5, 0.6) is 5.88 Å². The monoisotopic (exact) mass is 352 g/mol. The smallest absolute Gasteiger partial charge is 0.282 e. The number of rotatable bonds is 4. The van der Waals surface area contributed by atoms with Gasteiger partial charge in [0.05, 0.1) is 12.5 Å². The summed E-state index contributed by atoms with van der Waals surface area (Å²) in [4.78, 5) is 23.1. The predicted octanol–water partition coefficient (Wildman–Crippen LogP) is 2.77. The minimum absolute atomic E-state index is 0.115. The summed E-state index contributed by atoms with van der Waals surface area (Å²) in [7, 11) is 0. The lowest BCUT2D eigenvalue weighted by atomic mass is 10.2. The van der Waals surface area contributed by atoms with Gasteiger partial charge in [0.25, 0.3) is 5.56 Å². The molecule has 0 atom stereocenters. The third-order valence-electron chi connectivity index (χ3n) is 3.27. The van der Waals surface area contributed by atoms with E-state index in [0.717, 1.165) is 12.1 Å². The fourth-order valence-corrected chi connectivity index (χ4v) is 2.30. The number of aromatic amines is 1. The Balaban J connectivity index is 1.91. The number of H-pyrrole nitrogens is 1. The molecule has 0 saturated carbocycles. The molecule has 0 bridgehead atoms. The molecule has 0 fully saturated rings. The molecule has 0 radical (unpaired) electrons. The van der Waals surface area contributed by atoms with Gasteiger partial charge in [0.15, 0.2) is 5.02 Å². The number of hydrogen-bond donors (Lipinski definition) is 1. The van der Waals surface area contributed by atoms with Crippen molar-refractivity contribution in [1.82, 2.24) is 19.5 Å². The van der Waals surface area contributed by atoms with Gasteiger partial charge in [0, 0.05) is 11.6 Å². The van der Waals surface area contributed by atoms with Crippen LogP contribution in [0.2, 0.25) is 5.02 Å². The molecular formula is C15H11ClF2N4O2. The molecule has 3 aromatic rings. The second-order valence-corrected chi connectivity index (χ2v) is 5.26. The summed E-state index contributed by atoms with van der Waals surface area (Å²) in [6, 6.07) is 3.10. The lowest BCUT2D eigenvalue weighted by Crippen LogP contribution is -2.23. The maximum absolute atomic E-state index is 13.6. The van der Waals surface area contributed by atoms with Crippen molar-refractivity contribution in [2.75, 3.05) is 0 Å². The van der Waals surface area contributed by atoms with Crippen LogP contribution in [0.15, 0.2) is 35.5 Å². The van der Waals surface area contributed by atoms with Crippen molar-refractivity contribution in [2.24, 2.45) is 0 Å². The number of aromatic nitrogens is 4. The highest BCUT2D eigenvalue weighted by molar-refractivity contribution is 6.31. The first-order valence-corrected chi connectivity index (χ1v) is 7.20. The van der Waals surface area contributed by atoms with Crippen LogP contribution in [0.1, 0.15) is 11.4 Å². The average molecular weight is 353 g/mol. The van der Waals surface area contributed by atoms with E-state index in [0.29, 0.717) is 11.6 Å². The second-order valence-electron chi connectivity index (χ2n) is 4.88. The molecule has 2 heterocycles. The fourth-order valence-electron chi connectivity index (χ4n) is 2.12. The summed E-state index contributed by atoms with van der Waals surface area (Å²) in [6.45, 7) is 1.34. The highest BCUT2D eigenvalue weighted by Gasteiger charge is 2.16. The zero-order valence-electron chi connectivity index (χ0n) is 12.4. The van der Waals surface area contributed by atoms with Gasteiger partial charge in [0.1, 0.15) is 29.9 Å². The van der Waals surface area contributed by atoms with Crippen molar-refractivity contribution < 1.29 is 13.5 Å². The normalized spacial score (nSPS) is 10.8. The van der Waals surface area contributed by atoms with Crippen LogP contribution in [0, 0.1) is 18.6 Å². The van der Waals surface area contributed by atoms with E-state index in [-0.39, 0.29) is 23.1 Å². The number of ether oxygens (including phenoxy) is 1. The number of aryl methyl sites for hydroxylation is 1. The molecule has 0 saturated heterocycles. The number of hydrogen-bond acceptors (Lipinski definition) is 4. The van der Waals surface area contributed by atoms with Gasteiger partial charge in [-0.3, -0.25) is 4.79 Å². The van der Waals surface area contributed by atoms with Crippen LogP contribution in [0.3, 0.4) is 0 Å². The van der Waals surface area contributed by atoms with Crippen molar-refractivity contribution in [2.45, 2.75) is 13.5 Å². The lowest BCUT2D eigenvalue weighted by molar-refractivity contribution is 0.285. The Hall–Kier alpha value is -2.74. The average Bonchev–Trinajstić information content (AvgIpc) is 3.05. The van der Waals surface area contributed by atoms with Crippen molar-refractivity contribution in [3.8, 4) is 11.7 Å². The summed E-state index contributed by atoms with van der Waals surface area (Å²) >= 11 is 6.01. The van der Waals surface area contributed by atoms with E-state index in [1.165, 1.54) is 23.2 Å². The van der Waals surface area contributed by atoms with Gasteiger partial charge in [-0.05, 0) is 19.1 Å². The number of nitrogens with one attached hydrogen (secondary N) is 1. The highest BCUT2D eigenvalue weighted by Crippen LogP contribution is 2.21. The first-order valence-electron chi connectivity index (χ1n) is 6.82. The van der Waals surface area contributed by atoms with Gasteiger partial charge < -0.3 is 9.72 Å². The fraction of sp³-hybridized carbons (Fsp3) is 0.133. The van der Waals surface area contributed by atoms with Crippen LogP contribution < -0.4 is 10.3 Å². The Labute approximate surface area is 139 Å². The van der Waals surface area contributed by atoms with Crippen LogP contribution in [0.4, 0.5) is 8.78 Å². The molecule has 24 heavy (non-hydrogen) atoms. The Morgan fingerprint density at radius 2 is 2.17 bits per heavy atom. The van der Waals surface area contributed by atoms with Crippen molar-refractivity contribution in [3.05, 3.63) is 69.1 Å². The van der Waals surface area contributed by atoms with Gasteiger partial charge in [-0.2, -0.15) is 4.98 Å². The van der Waals surface area contributed by atoms with E-state index in [1.54, 1.807) is 6.92 Å². The Morgan fingerprint density at radius 1 is 1.38 bits per heavy atom. The molecule has 6 nitrogen and oxygen atoms in total. The molecule has 0 unspecified atom stereocenters. The van der Waals surface area contributed by atoms with Gasteiger partial charge >= 0.3 is 0 Å². The van der Waals surface area contributed by atoms with Gasteiger partial charge in [-0.25, -0.2) is 18.3 Å². The first kappa shape index (κ1) is 16.1. The Kier molecular flexibility index (Phi) is 4.30. The van der Waals surface area contributed by atoms with E-state index in [1.807, 2.05) is 0 Å². The maximum Gasteiger partial charge on any atom is 0.282 e. The Morgan fingerprint density at radius 3 is 2.83 bits per heavy atom. The van der Waals surface area contributed by atoms with E-state index in [2.05, 4.69) is 15.0 Å². The highest BCUT2D eigenvalue weighted by atomic mass is 35.5. The van der Waals surface area contributed by atoms with E-state index >= 15 is 0 Å². The number of halogens is 3. The summed E-state index contributed by atoms with van der Waals surface area (Å²) < 4.78 is 33.1. The van der Waals surface area contributed by atoms with E-state index < -0.39 is 17.2 Å². The van der Waals surface area contributed by atoms with E-state index in [4.69, 9.17) is 16.3 Å². The molecule has 0 aliphatic carbocycles. The molecule has 3 rings (SSSR count). The van der Waals surface area contributed by atoms with Crippen molar-refractivity contribution in [1.29, 1.82) is 0 Å². The lowest BCUT2D eigenvalue weighted by Gasteiger charge is -2.12. The van der Waals surface area contributed by atoms with Gasteiger partial charge in [-0.1, -0.05) is 11.6 Å².